The van der Waals surface area contributed by atoms with Gasteiger partial charge in [-0.2, -0.15) is 5.10 Å². The molecule has 30 heavy (non-hydrogen) atoms. The van der Waals surface area contributed by atoms with Gasteiger partial charge in [0, 0.05) is 23.9 Å². The van der Waals surface area contributed by atoms with Crippen molar-refractivity contribution < 1.29 is 4.79 Å². The van der Waals surface area contributed by atoms with E-state index in [4.69, 9.17) is 5.10 Å². The molecule has 0 bridgehead atoms. The van der Waals surface area contributed by atoms with Gasteiger partial charge in [0.2, 0.25) is 5.91 Å². The van der Waals surface area contributed by atoms with Crippen molar-refractivity contribution in [3.8, 4) is 22.4 Å². The molecule has 0 fully saturated rings. The molecule has 5 heteroatoms. The number of rotatable bonds is 10. The van der Waals surface area contributed by atoms with E-state index in [0.29, 0.717) is 6.54 Å². The Morgan fingerprint density at radius 3 is 2.20 bits per heavy atom. The Bertz CT molecular complexity index is 860. The van der Waals surface area contributed by atoms with Gasteiger partial charge in [0.05, 0.1) is 0 Å². The summed E-state index contributed by atoms with van der Waals surface area (Å²) in [6.45, 7) is 9.98. The van der Waals surface area contributed by atoms with Crippen molar-refractivity contribution in [2.24, 2.45) is 0 Å². The topological polar surface area (TPSA) is 50.2 Å². The largest absolute Gasteiger partial charge is 0.354 e. The van der Waals surface area contributed by atoms with Crippen LogP contribution in [-0.4, -0.2) is 46.8 Å². The van der Waals surface area contributed by atoms with E-state index in [1.54, 1.807) is 4.68 Å². The highest BCUT2D eigenvalue weighted by atomic mass is 16.2. The molecule has 1 unspecified atom stereocenters. The zero-order valence-corrected chi connectivity index (χ0v) is 18.2. The third kappa shape index (κ3) is 5.36. The van der Waals surface area contributed by atoms with Crippen molar-refractivity contribution in [2.75, 3.05) is 26.2 Å². The zero-order chi connectivity index (χ0) is 21.3. The van der Waals surface area contributed by atoms with E-state index in [1.165, 1.54) is 0 Å². The molecule has 3 rings (SSSR count). The number of carbonyl (C=O) groups is 1. The van der Waals surface area contributed by atoms with Gasteiger partial charge in [-0.15, -0.1) is 0 Å². The minimum Gasteiger partial charge on any atom is -0.354 e. The SMILES string of the molecule is CCN(CC)CCCNC(=O)C(C)n1cc(-c2ccccc2)c(-c2ccccc2)n1. The van der Waals surface area contributed by atoms with E-state index in [-0.39, 0.29) is 11.9 Å². The first-order valence-corrected chi connectivity index (χ1v) is 10.8. The minimum atomic E-state index is -0.377. The maximum atomic E-state index is 12.7. The molecule has 5 nitrogen and oxygen atoms in total. The van der Waals surface area contributed by atoms with Gasteiger partial charge in [-0.05, 0) is 38.5 Å². The average Bonchev–Trinajstić information content (AvgIpc) is 3.25. The highest BCUT2D eigenvalue weighted by Gasteiger charge is 2.20. The van der Waals surface area contributed by atoms with Crippen molar-refractivity contribution in [3.05, 3.63) is 66.9 Å². The molecule has 0 spiro atoms. The maximum Gasteiger partial charge on any atom is 0.244 e. The summed E-state index contributed by atoms with van der Waals surface area (Å²) in [5, 5.41) is 7.87. The first-order chi connectivity index (χ1) is 14.6. The predicted octanol–water partition coefficient (Wildman–Crippen LogP) is 4.63. The normalized spacial score (nSPS) is 12.1. The molecule has 0 aliphatic carbocycles. The number of aromatic nitrogens is 2. The smallest absolute Gasteiger partial charge is 0.244 e. The Morgan fingerprint density at radius 1 is 1.00 bits per heavy atom. The fourth-order valence-corrected chi connectivity index (χ4v) is 3.55. The molecule has 0 radical (unpaired) electrons. The Kier molecular flexibility index (Phi) is 7.80. The second-order valence-electron chi connectivity index (χ2n) is 7.45. The fourth-order valence-electron chi connectivity index (χ4n) is 3.55. The quantitative estimate of drug-likeness (QED) is 0.502. The van der Waals surface area contributed by atoms with Gasteiger partial charge in [-0.3, -0.25) is 9.48 Å². The van der Waals surface area contributed by atoms with Crippen LogP contribution in [0.15, 0.2) is 66.9 Å². The minimum absolute atomic E-state index is 0.00345. The molecule has 0 saturated carbocycles. The van der Waals surface area contributed by atoms with Crippen LogP contribution in [-0.2, 0) is 4.79 Å². The van der Waals surface area contributed by atoms with Crippen molar-refractivity contribution in [3.63, 3.8) is 0 Å². The molecule has 1 atom stereocenters. The van der Waals surface area contributed by atoms with Crippen LogP contribution in [0.1, 0.15) is 33.2 Å². The molecular formula is C25H32N4O. The monoisotopic (exact) mass is 404 g/mol. The molecule has 0 saturated heterocycles. The summed E-state index contributed by atoms with van der Waals surface area (Å²) in [6, 6.07) is 19.9. The Balaban J connectivity index is 1.75. The van der Waals surface area contributed by atoms with Crippen LogP contribution < -0.4 is 5.32 Å². The van der Waals surface area contributed by atoms with Crippen LogP contribution in [0.4, 0.5) is 0 Å². The number of nitrogens with one attached hydrogen (secondary N) is 1. The van der Waals surface area contributed by atoms with E-state index in [9.17, 15) is 4.79 Å². The van der Waals surface area contributed by atoms with E-state index in [0.717, 1.165) is 48.4 Å². The van der Waals surface area contributed by atoms with Gasteiger partial charge in [-0.1, -0.05) is 74.5 Å². The Morgan fingerprint density at radius 2 is 1.60 bits per heavy atom. The van der Waals surface area contributed by atoms with Crippen LogP contribution in [0, 0.1) is 0 Å². The second-order valence-corrected chi connectivity index (χ2v) is 7.45. The number of hydrogen-bond acceptors (Lipinski definition) is 3. The van der Waals surface area contributed by atoms with Crippen molar-refractivity contribution in [1.29, 1.82) is 0 Å². The first-order valence-electron chi connectivity index (χ1n) is 10.8. The summed E-state index contributed by atoms with van der Waals surface area (Å²) in [5.41, 5.74) is 4.06. The fraction of sp³-hybridized carbons (Fsp3) is 0.360. The van der Waals surface area contributed by atoms with E-state index in [1.807, 2.05) is 49.5 Å². The summed E-state index contributed by atoms with van der Waals surface area (Å²) in [6.07, 6.45) is 2.93. The highest BCUT2D eigenvalue weighted by Crippen LogP contribution is 2.31. The maximum absolute atomic E-state index is 12.7. The third-order valence-corrected chi connectivity index (χ3v) is 5.49. The second kappa shape index (κ2) is 10.7. The standard InChI is InChI=1S/C25H32N4O/c1-4-28(5-2)18-12-17-26-25(30)20(3)29-19-23(21-13-8-6-9-14-21)24(27-29)22-15-10-7-11-16-22/h6-11,13-16,19-20H,4-5,12,17-18H2,1-3H3,(H,26,30). The van der Waals surface area contributed by atoms with Crippen molar-refractivity contribution in [2.45, 2.75) is 33.2 Å². The molecular weight excluding hydrogens is 372 g/mol. The van der Waals surface area contributed by atoms with Gasteiger partial charge < -0.3 is 10.2 Å². The van der Waals surface area contributed by atoms with Crippen LogP contribution in [0.25, 0.3) is 22.4 Å². The van der Waals surface area contributed by atoms with E-state index in [2.05, 4.69) is 48.3 Å². The number of carbonyl (C=O) groups excluding carboxylic acids is 1. The lowest BCUT2D eigenvalue weighted by atomic mass is 10.0. The molecule has 1 heterocycles. The molecule has 1 amide bonds. The Hall–Kier alpha value is -2.92. The van der Waals surface area contributed by atoms with Gasteiger partial charge in [0.15, 0.2) is 0 Å². The van der Waals surface area contributed by atoms with Gasteiger partial charge in [0.25, 0.3) is 0 Å². The lowest BCUT2D eigenvalue weighted by molar-refractivity contribution is -0.124. The van der Waals surface area contributed by atoms with Crippen LogP contribution >= 0.6 is 0 Å². The summed E-state index contributed by atoms with van der Waals surface area (Å²) in [4.78, 5) is 15.1. The zero-order valence-electron chi connectivity index (χ0n) is 18.2. The number of benzene rings is 2. The molecule has 2 aromatic carbocycles. The third-order valence-electron chi connectivity index (χ3n) is 5.49. The average molecular weight is 405 g/mol. The number of amides is 1. The predicted molar refractivity (Wildman–Crippen MR) is 123 cm³/mol. The van der Waals surface area contributed by atoms with E-state index < -0.39 is 0 Å². The van der Waals surface area contributed by atoms with Gasteiger partial charge in [0.1, 0.15) is 11.7 Å². The molecule has 1 aromatic heterocycles. The lowest BCUT2D eigenvalue weighted by Crippen LogP contribution is -2.34. The summed E-state index contributed by atoms with van der Waals surface area (Å²) in [5.74, 6) is -0.00345. The molecule has 158 valence electrons. The van der Waals surface area contributed by atoms with Gasteiger partial charge >= 0.3 is 0 Å². The molecule has 0 aliphatic heterocycles. The summed E-state index contributed by atoms with van der Waals surface area (Å²) in [7, 11) is 0. The summed E-state index contributed by atoms with van der Waals surface area (Å²) < 4.78 is 1.78. The Labute approximate surface area is 179 Å². The molecule has 3 aromatic rings. The van der Waals surface area contributed by atoms with Crippen LogP contribution in [0.5, 0.6) is 0 Å². The number of hydrogen-bond donors (Lipinski definition) is 1. The lowest BCUT2D eigenvalue weighted by Gasteiger charge is -2.18. The van der Waals surface area contributed by atoms with Crippen LogP contribution in [0.3, 0.4) is 0 Å². The van der Waals surface area contributed by atoms with Crippen molar-refractivity contribution in [1.82, 2.24) is 20.0 Å². The van der Waals surface area contributed by atoms with Crippen molar-refractivity contribution >= 4 is 5.91 Å². The van der Waals surface area contributed by atoms with Gasteiger partial charge in [-0.25, -0.2) is 0 Å². The highest BCUT2D eigenvalue weighted by molar-refractivity contribution is 5.82. The van der Waals surface area contributed by atoms with E-state index >= 15 is 0 Å². The first kappa shape index (κ1) is 21.8. The summed E-state index contributed by atoms with van der Waals surface area (Å²) >= 11 is 0. The molecule has 1 N–H and O–H groups in total. The van der Waals surface area contributed by atoms with Crippen LogP contribution in [0.2, 0.25) is 0 Å². The number of nitrogens with zero attached hydrogens (tertiary/aromatic N) is 3. The molecule has 0 aliphatic rings.